The van der Waals surface area contributed by atoms with E-state index in [1.54, 1.807) is 12.1 Å². The van der Waals surface area contributed by atoms with Gasteiger partial charge < -0.3 is 4.74 Å². The summed E-state index contributed by atoms with van der Waals surface area (Å²) in [5, 5.41) is -1.40. The van der Waals surface area contributed by atoms with E-state index < -0.39 is 11.3 Å². The quantitative estimate of drug-likeness (QED) is 0.720. The maximum absolute atomic E-state index is 12.2. The fraction of sp³-hybridized carbons (Fsp3) is 0.133. The van der Waals surface area contributed by atoms with E-state index >= 15 is 0 Å². The Labute approximate surface area is 124 Å². The Morgan fingerprint density at radius 2 is 1.62 bits per heavy atom. The molecule has 2 nitrogen and oxygen atoms in total. The lowest BCUT2D eigenvalue weighted by molar-refractivity contribution is -0.0558. The van der Waals surface area contributed by atoms with Gasteiger partial charge in [-0.3, -0.25) is 0 Å². The first-order chi connectivity index (χ1) is 9.95. The number of benzene rings is 2. The summed E-state index contributed by atoms with van der Waals surface area (Å²) in [7, 11) is 0. The Bertz CT molecular complexity index is 609. The molecule has 0 aromatic heterocycles. The number of hydrogen-bond donors (Lipinski definition) is 0. The van der Waals surface area contributed by atoms with Gasteiger partial charge in [0, 0.05) is 0 Å². The molecular formula is C15H11ClF3NO. The molecule has 0 N–H and O–H groups in total. The van der Waals surface area contributed by atoms with E-state index in [1.807, 2.05) is 30.3 Å². The molecule has 0 aliphatic rings. The monoisotopic (exact) mass is 313 g/mol. The van der Waals surface area contributed by atoms with Crippen LogP contribution >= 0.6 is 11.6 Å². The predicted octanol–water partition coefficient (Wildman–Crippen LogP) is 5.10. The Morgan fingerprint density at radius 3 is 2.19 bits per heavy atom. The van der Waals surface area contributed by atoms with Gasteiger partial charge in [-0.2, -0.15) is 13.2 Å². The zero-order chi connectivity index (χ0) is 15.3. The van der Waals surface area contributed by atoms with Gasteiger partial charge in [-0.25, -0.2) is 4.99 Å². The molecule has 2 aromatic carbocycles. The third kappa shape index (κ3) is 4.79. The van der Waals surface area contributed by atoms with Crippen LogP contribution in [-0.2, 0) is 6.61 Å². The summed E-state index contributed by atoms with van der Waals surface area (Å²) in [5.41, 5.74) is 1.11. The van der Waals surface area contributed by atoms with Crippen molar-refractivity contribution in [2.75, 3.05) is 0 Å². The molecule has 2 rings (SSSR count). The second-order valence-electron chi connectivity index (χ2n) is 4.17. The van der Waals surface area contributed by atoms with Crippen LogP contribution in [0.3, 0.4) is 0 Å². The van der Waals surface area contributed by atoms with Gasteiger partial charge in [0.1, 0.15) is 12.4 Å². The molecule has 0 unspecified atom stereocenters. The van der Waals surface area contributed by atoms with Crippen LogP contribution < -0.4 is 4.74 Å². The Hall–Kier alpha value is -2.01. The summed E-state index contributed by atoms with van der Waals surface area (Å²) in [4.78, 5) is 3.29. The highest BCUT2D eigenvalue weighted by Crippen LogP contribution is 2.25. The summed E-state index contributed by atoms with van der Waals surface area (Å²) in [6, 6.07) is 15.4. The zero-order valence-corrected chi connectivity index (χ0v) is 11.5. The standard InChI is InChI=1S/C15H11ClF3NO/c16-14(15(17,18)19)20-12-6-8-13(9-7-12)21-10-11-4-2-1-3-5-11/h1-9H,10H2/b20-14+. The number of rotatable bonds is 4. The Balaban J connectivity index is 1.99. The summed E-state index contributed by atoms with van der Waals surface area (Å²) in [6.07, 6.45) is -4.63. The van der Waals surface area contributed by atoms with Crippen LogP contribution in [0.5, 0.6) is 5.75 Å². The molecule has 0 heterocycles. The SMILES string of the molecule is FC(F)(F)/C(Cl)=N\c1ccc(OCc2ccccc2)cc1. The zero-order valence-electron chi connectivity index (χ0n) is 10.8. The van der Waals surface area contributed by atoms with Crippen LogP contribution in [0.25, 0.3) is 0 Å². The van der Waals surface area contributed by atoms with Crippen molar-refractivity contribution < 1.29 is 17.9 Å². The maximum atomic E-state index is 12.2. The molecule has 0 spiro atoms. The second kappa shape index (κ2) is 6.63. The molecule has 0 bridgehead atoms. The van der Waals surface area contributed by atoms with Crippen LogP contribution in [0.4, 0.5) is 18.9 Å². The molecule has 0 fully saturated rings. The molecular weight excluding hydrogens is 303 g/mol. The lowest BCUT2D eigenvalue weighted by atomic mass is 10.2. The van der Waals surface area contributed by atoms with Crippen LogP contribution in [0, 0.1) is 0 Å². The van der Waals surface area contributed by atoms with E-state index in [0.717, 1.165) is 5.56 Å². The van der Waals surface area contributed by atoms with Gasteiger partial charge in [-0.05, 0) is 29.8 Å². The normalized spacial score (nSPS) is 12.3. The van der Waals surface area contributed by atoms with Crippen molar-refractivity contribution in [1.29, 1.82) is 0 Å². The number of alkyl halides is 3. The average molecular weight is 314 g/mol. The fourth-order valence-corrected chi connectivity index (χ4v) is 1.63. The van der Waals surface area contributed by atoms with Gasteiger partial charge in [-0.1, -0.05) is 41.9 Å². The summed E-state index contributed by atoms with van der Waals surface area (Å²) >= 11 is 5.07. The van der Waals surface area contributed by atoms with E-state index in [1.165, 1.54) is 12.1 Å². The Kier molecular flexibility index (Phi) is 4.85. The Morgan fingerprint density at radius 1 is 1.00 bits per heavy atom. The molecule has 0 saturated heterocycles. The number of hydrogen-bond acceptors (Lipinski definition) is 2. The molecule has 6 heteroatoms. The minimum absolute atomic E-state index is 0.115. The van der Waals surface area contributed by atoms with Crippen LogP contribution in [0.2, 0.25) is 0 Å². The number of ether oxygens (including phenoxy) is 1. The lowest BCUT2D eigenvalue weighted by Crippen LogP contribution is -2.16. The fourth-order valence-electron chi connectivity index (χ4n) is 1.53. The summed E-state index contributed by atoms with van der Waals surface area (Å²) < 4.78 is 42.2. The third-order valence-electron chi connectivity index (χ3n) is 2.55. The van der Waals surface area contributed by atoms with E-state index in [4.69, 9.17) is 16.3 Å². The smallest absolute Gasteiger partial charge is 0.444 e. The first-order valence-electron chi connectivity index (χ1n) is 6.03. The highest BCUT2D eigenvalue weighted by atomic mass is 35.5. The van der Waals surface area contributed by atoms with Gasteiger partial charge >= 0.3 is 6.18 Å². The molecule has 0 amide bonds. The van der Waals surface area contributed by atoms with Gasteiger partial charge in [0.25, 0.3) is 0 Å². The minimum Gasteiger partial charge on any atom is -0.489 e. The highest BCUT2D eigenvalue weighted by Gasteiger charge is 2.34. The van der Waals surface area contributed by atoms with Crippen molar-refractivity contribution >= 4 is 22.5 Å². The van der Waals surface area contributed by atoms with Gasteiger partial charge in [0.05, 0.1) is 5.69 Å². The second-order valence-corrected chi connectivity index (χ2v) is 4.53. The molecule has 21 heavy (non-hydrogen) atoms. The van der Waals surface area contributed by atoms with E-state index in [2.05, 4.69) is 4.99 Å². The maximum Gasteiger partial charge on any atom is 0.444 e. The topological polar surface area (TPSA) is 21.6 Å². The average Bonchev–Trinajstić information content (AvgIpc) is 2.46. The predicted molar refractivity (Wildman–Crippen MR) is 76.2 cm³/mol. The van der Waals surface area contributed by atoms with E-state index in [-0.39, 0.29) is 5.69 Å². The van der Waals surface area contributed by atoms with Crippen molar-refractivity contribution in [3.05, 3.63) is 60.2 Å². The molecule has 0 radical (unpaired) electrons. The van der Waals surface area contributed by atoms with Crippen molar-refractivity contribution in [3.8, 4) is 5.75 Å². The van der Waals surface area contributed by atoms with Gasteiger partial charge in [0.15, 0.2) is 0 Å². The van der Waals surface area contributed by atoms with Crippen molar-refractivity contribution in [2.45, 2.75) is 12.8 Å². The number of aliphatic imine (C=N–C) groups is 1. The third-order valence-corrected chi connectivity index (χ3v) is 2.85. The van der Waals surface area contributed by atoms with Crippen molar-refractivity contribution in [3.63, 3.8) is 0 Å². The molecule has 0 aliphatic carbocycles. The van der Waals surface area contributed by atoms with E-state index in [0.29, 0.717) is 12.4 Å². The number of halogens is 4. The highest BCUT2D eigenvalue weighted by molar-refractivity contribution is 6.67. The van der Waals surface area contributed by atoms with Crippen molar-refractivity contribution in [1.82, 2.24) is 0 Å². The van der Waals surface area contributed by atoms with Gasteiger partial charge in [0.2, 0.25) is 5.17 Å². The first kappa shape index (κ1) is 15.4. The minimum atomic E-state index is -4.63. The summed E-state index contributed by atoms with van der Waals surface area (Å²) in [6.45, 7) is 0.382. The number of nitrogens with zero attached hydrogens (tertiary/aromatic N) is 1. The molecule has 110 valence electrons. The van der Waals surface area contributed by atoms with Gasteiger partial charge in [-0.15, -0.1) is 0 Å². The first-order valence-corrected chi connectivity index (χ1v) is 6.41. The summed E-state index contributed by atoms with van der Waals surface area (Å²) in [5.74, 6) is 0.543. The molecule has 0 aliphatic heterocycles. The molecule has 2 aromatic rings. The van der Waals surface area contributed by atoms with E-state index in [9.17, 15) is 13.2 Å². The van der Waals surface area contributed by atoms with Crippen molar-refractivity contribution in [2.24, 2.45) is 4.99 Å². The van der Waals surface area contributed by atoms with Crippen LogP contribution in [-0.4, -0.2) is 11.3 Å². The lowest BCUT2D eigenvalue weighted by Gasteiger charge is -2.07. The van der Waals surface area contributed by atoms with Crippen LogP contribution in [0.15, 0.2) is 59.6 Å². The molecule has 0 atom stereocenters. The largest absolute Gasteiger partial charge is 0.489 e. The van der Waals surface area contributed by atoms with Crippen LogP contribution in [0.1, 0.15) is 5.56 Å². The molecule has 0 saturated carbocycles.